The number of nitrogens with zero attached hydrogens (tertiary/aromatic N) is 3. The van der Waals surface area contributed by atoms with Crippen LogP contribution in [0.25, 0.3) is 64.5 Å². The summed E-state index contributed by atoms with van der Waals surface area (Å²) in [6.07, 6.45) is 7.24. The van der Waals surface area contributed by atoms with Crippen LogP contribution in [0.3, 0.4) is 0 Å². The van der Waals surface area contributed by atoms with Gasteiger partial charge >= 0.3 is 0 Å². The van der Waals surface area contributed by atoms with Crippen LogP contribution in [-0.2, 0) is 0 Å². The van der Waals surface area contributed by atoms with Crippen molar-refractivity contribution in [3.05, 3.63) is 120 Å². The van der Waals surface area contributed by atoms with Gasteiger partial charge in [-0.2, -0.15) is 0 Å². The number of halogens is 1. The highest BCUT2D eigenvalue weighted by atomic mass is 35.5. The third-order valence-electron chi connectivity index (χ3n) is 7.35. The molecule has 0 fully saturated rings. The number of hydrogen-bond acceptors (Lipinski definition) is 3. The molecule has 4 aromatic carbocycles. The summed E-state index contributed by atoms with van der Waals surface area (Å²) < 4.78 is 4.58. The molecule has 0 saturated carbocycles. The Morgan fingerprint density at radius 1 is 0.825 bits per heavy atom. The lowest BCUT2D eigenvalue weighted by atomic mass is 10.0. The maximum absolute atomic E-state index is 6.48. The van der Waals surface area contributed by atoms with Crippen molar-refractivity contribution in [3.8, 4) is 16.8 Å². The van der Waals surface area contributed by atoms with Crippen molar-refractivity contribution < 1.29 is 0 Å². The van der Waals surface area contributed by atoms with E-state index in [0.29, 0.717) is 0 Å². The molecule has 7 aromatic rings. The molecule has 0 amide bonds. The SMILES string of the molecule is C/C=C\C(=C/CC)c1nc(Cl)nc2c1sc1ccc(-c3ccc4c(c3)c3ccccc3n4-c3ccccc3)cc12. The standard InChI is InChI=1S/C35H26ClN3S/c1-3-10-22(11-4-2)32-34-33(38-35(36)37-32)28-21-24(17-19-31(28)40-34)23-16-18-30-27(20-23)26-14-8-9-15-29(26)39(30)25-12-6-5-7-13-25/h3,5-21H,4H2,1-2H3/b10-3-,22-11+. The van der Waals surface area contributed by atoms with Crippen LogP contribution in [0.15, 0.2) is 109 Å². The van der Waals surface area contributed by atoms with E-state index in [1.54, 1.807) is 11.3 Å². The third-order valence-corrected chi connectivity index (χ3v) is 8.68. The van der Waals surface area contributed by atoms with Gasteiger partial charge in [0.15, 0.2) is 0 Å². The Labute approximate surface area is 241 Å². The van der Waals surface area contributed by atoms with Crippen molar-refractivity contribution in [2.75, 3.05) is 0 Å². The summed E-state index contributed by atoms with van der Waals surface area (Å²) in [6, 6.07) is 32.6. The van der Waals surface area contributed by atoms with E-state index in [1.165, 1.54) is 32.1 Å². The molecule has 0 aliphatic rings. The van der Waals surface area contributed by atoms with Gasteiger partial charge < -0.3 is 4.57 Å². The zero-order valence-electron chi connectivity index (χ0n) is 22.2. The second kappa shape index (κ2) is 10.1. The number of aromatic nitrogens is 3. The predicted molar refractivity (Wildman–Crippen MR) is 173 cm³/mol. The molecule has 0 spiro atoms. The summed E-state index contributed by atoms with van der Waals surface area (Å²) in [4.78, 5) is 9.35. The molecule has 0 unspecified atom stereocenters. The zero-order valence-corrected chi connectivity index (χ0v) is 23.8. The van der Waals surface area contributed by atoms with Gasteiger partial charge in [-0.25, -0.2) is 9.97 Å². The van der Waals surface area contributed by atoms with E-state index in [0.717, 1.165) is 44.5 Å². The molecule has 0 N–H and O–H groups in total. The Balaban J connectivity index is 1.43. The van der Waals surface area contributed by atoms with Gasteiger partial charge in [0, 0.05) is 26.5 Å². The number of thiophene rings is 1. The normalized spacial score (nSPS) is 12.5. The Kier molecular flexibility index (Phi) is 6.22. The third kappa shape index (κ3) is 4.03. The number of benzene rings is 4. The van der Waals surface area contributed by atoms with Gasteiger partial charge in [-0.3, -0.25) is 0 Å². The van der Waals surface area contributed by atoms with E-state index in [1.807, 2.05) is 13.0 Å². The molecule has 3 nitrogen and oxygen atoms in total. The summed E-state index contributed by atoms with van der Waals surface area (Å²) in [5, 5.41) is 3.86. The predicted octanol–water partition coefficient (Wildman–Crippen LogP) is 10.6. The minimum atomic E-state index is 0.272. The van der Waals surface area contributed by atoms with Gasteiger partial charge in [0.2, 0.25) is 5.28 Å². The molecule has 194 valence electrons. The van der Waals surface area contributed by atoms with Crippen molar-refractivity contribution >= 4 is 70.6 Å². The molecular weight excluding hydrogens is 530 g/mol. The van der Waals surface area contributed by atoms with Gasteiger partial charge in [0.05, 0.1) is 26.9 Å². The second-order valence-corrected chi connectivity index (χ2v) is 11.2. The van der Waals surface area contributed by atoms with Crippen LogP contribution in [-0.4, -0.2) is 14.5 Å². The largest absolute Gasteiger partial charge is 0.309 e. The Bertz CT molecular complexity index is 2120. The van der Waals surface area contributed by atoms with Crippen LogP contribution in [0.1, 0.15) is 26.0 Å². The van der Waals surface area contributed by atoms with Crippen molar-refractivity contribution in [2.45, 2.75) is 20.3 Å². The molecule has 5 heteroatoms. The molecule has 0 saturated heterocycles. The van der Waals surface area contributed by atoms with Gasteiger partial charge in [0.1, 0.15) is 0 Å². The molecule has 0 radical (unpaired) electrons. The lowest BCUT2D eigenvalue weighted by Crippen LogP contribution is -1.92. The van der Waals surface area contributed by atoms with Crippen molar-refractivity contribution in [2.24, 2.45) is 0 Å². The lowest BCUT2D eigenvalue weighted by molar-refractivity contribution is 1.18. The minimum Gasteiger partial charge on any atom is -0.309 e. The first-order valence-electron chi connectivity index (χ1n) is 13.5. The Morgan fingerprint density at radius 2 is 1.55 bits per heavy atom. The minimum absolute atomic E-state index is 0.272. The first-order valence-corrected chi connectivity index (χ1v) is 14.7. The molecule has 40 heavy (non-hydrogen) atoms. The van der Waals surface area contributed by atoms with Crippen molar-refractivity contribution in [1.82, 2.24) is 14.5 Å². The van der Waals surface area contributed by atoms with Crippen LogP contribution >= 0.6 is 22.9 Å². The van der Waals surface area contributed by atoms with Gasteiger partial charge in [0.25, 0.3) is 0 Å². The number of rotatable bonds is 5. The maximum Gasteiger partial charge on any atom is 0.223 e. The molecule has 0 aliphatic heterocycles. The van der Waals surface area contributed by atoms with Crippen LogP contribution in [0.4, 0.5) is 0 Å². The van der Waals surface area contributed by atoms with E-state index in [-0.39, 0.29) is 5.28 Å². The lowest BCUT2D eigenvalue weighted by Gasteiger charge is -2.08. The molecule has 3 heterocycles. The number of para-hydroxylation sites is 2. The van der Waals surface area contributed by atoms with Gasteiger partial charge in [-0.05, 0) is 84.1 Å². The quantitative estimate of drug-likeness (QED) is 0.156. The first kappa shape index (κ1) is 24.8. The fourth-order valence-electron chi connectivity index (χ4n) is 5.64. The fourth-order valence-corrected chi connectivity index (χ4v) is 6.95. The highest BCUT2D eigenvalue weighted by molar-refractivity contribution is 7.26. The van der Waals surface area contributed by atoms with E-state index >= 15 is 0 Å². The van der Waals surface area contributed by atoms with Crippen LogP contribution in [0.5, 0.6) is 0 Å². The summed E-state index contributed by atoms with van der Waals surface area (Å²) in [5.74, 6) is 0. The first-order chi connectivity index (χ1) is 19.7. The smallest absolute Gasteiger partial charge is 0.223 e. The number of hydrogen-bond donors (Lipinski definition) is 0. The van der Waals surface area contributed by atoms with E-state index in [9.17, 15) is 0 Å². The van der Waals surface area contributed by atoms with E-state index in [4.69, 9.17) is 16.6 Å². The fraction of sp³-hybridized carbons (Fsp3) is 0.0857. The van der Waals surface area contributed by atoms with Crippen molar-refractivity contribution in [3.63, 3.8) is 0 Å². The highest BCUT2D eigenvalue weighted by Gasteiger charge is 2.17. The van der Waals surface area contributed by atoms with Gasteiger partial charge in [-0.15, -0.1) is 11.3 Å². The average Bonchev–Trinajstić information content (AvgIpc) is 3.52. The van der Waals surface area contributed by atoms with Crippen molar-refractivity contribution in [1.29, 1.82) is 0 Å². The zero-order chi connectivity index (χ0) is 27.2. The molecule has 3 aromatic heterocycles. The second-order valence-electron chi connectivity index (χ2n) is 9.82. The Hall–Kier alpha value is -4.25. The monoisotopic (exact) mass is 555 g/mol. The van der Waals surface area contributed by atoms with Crippen LogP contribution in [0, 0.1) is 0 Å². The summed E-state index contributed by atoms with van der Waals surface area (Å²) >= 11 is 8.21. The summed E-state index contributed by atoms with van der Waals surface area (Å²) in [5.41, 5.74) is 8.77. The van der Waals surface area contributed by atoms with Gasteiger partial charge in [-0.1, -0.05) is 73.7 Å². The maximum atomic E-state index is 6.48. The van der Waals surface area contributed by atoms with Crippen LogP contribution < -0.4 is 0 Å². The number of allylic oxidation sites excluding steroid dienone is 4. The van der Waals surface area contributed by atoms with E-state index < -0.39 is 0 Å². The summed E-state index contributed by atoms with van der Waals surface area (Å²) in [7, 11) is 0. The topological polar surface area (TPSA) is 30.7 Å². The average molecular weight is 556 g/mol. The number of fused-ring (bicyclic) bond motifs is 6. The molecular formula is C35H26ClN3S. The molecule has 0 aliphatic carbocycles. The molecule has 0 bridgehead atoms. The van der Waals surface area contributed by atoms with Crippen LogP contribution in [0.2, 0.25) is 5.28 Å². The molecule has 7 rings (SSSR count). The summed E-state index contributed by atoms with van der Waals surface area (Å²) in [6.45, 7) is 4.16. The molecule has 0 atom stereocenters. The highest BCUT2D eigenvalue weighted by Crippen LogP contribution is 2.40. The van der Waals surface area contributed by atoms with E-state index in [2.05, 4.69) is 120 Å². The Morgan fingerprint density at radius 3 is 2.35 bits per heavy atom.